The Bertz CT molecular complexity index is 653. The molecule has 0 N–H and O–H groups in total. The fourth-order valence-electron chi connectivity index (χ4n) is 2.45. The summed E-state index contributed by atoms with van der Waals surface area (Å²) in [6.45, 7) is 0. The number of fused-ring (bicyclic) bond motifs is 1. The van der Waals surface area contributed by atoms with E-state index in [1.54, 1.807) is 13.3 Å². The minimum absolute atomic E-state index is 0.162. The number of hydrogen-bond donors (Lipinski definition) is 0. The third-order valence-corrected chi connectivity index (χ3v) is 3.56. The van der Waals surface area contributed by atoms with Crippen molar-refractivity contribution in [2.45, 2.75) is 25.7 Å². The highest BCUT2D eigenvalue weighted by atomic mass is 16.5. The van der Waals surface area contributed by atoms with Gasteiger partial charge in [0, 0.05) is 18.2 Å². The van der Waals surface area contributed by atoms with Crippen molar-refractivity contribution >= 4 is 5.78 Å². The first kappa shape index (κ1) is 12.8. The molecule has 0 spiro atoms. The van der Waals surface area contributed by atoms with Crippen molar-refractivity contribution in [2.75, 3.05) is 7.11 Å². The number of benzene rings is 1. The van der Waals surface area contributed by atoms with Crippen LogP contribution in [0.5, 0.6) is 5.75 Å². The number of Topliss-reactive ketones (excluding diaryl/α,β-unsaturated/α-hetero) is 1. The molecule has 4 nitrogen and oxygen atoms in total. The second-order valence-electron chi connectivity index (χ2n) is 4.92. The summed E-state index contributed by atoms with van der Waals surface area (Å²) in [6.07, 6.45) is 5.07. The molecule has 0 bridgehead atoms. The van der Waals surface area contributed by atoms with Gasteiger partial charge in [-0.2, -0.15) is 0 Å². The molecule has 102 valence electrons. The lowest BCUT2D eigenvalue weighted by molar-refractivity contribution is 0.0981. The predicted molar refractivity (Wildman–Crippen MR) is 75.9 cm³/mol. The molecule has 0 saturated heterocycles. The van der Waals surface area contributed by atoms with E-state index in [4.69, 9.17) is 4.74 Å². The van der Waals surface area contributed by atoms with Crippen LogP contribution in [0.25, 0.3) is 11.4 Å². The third kappa shape index (κ3) is 2.41. The molecule has 0 amide bonds. The maximum Gasteiger partial charge on any atom is 0.166 e. The smallest absolute Gasteiger partial charge is 0.166 e. The van der Waals surface area contributed by atoms with Crippen LogP contribution in [0.2, 0.25) is 0 Å². The SMILES string of the molecule is COc1cccc(-c2ncc3c(n2)CCCCC3=O)c1. The molecule has 1 aromatic heterocycles. The molecule has 1 aliphatic carbocycles. The van der Waals surface area contributed by atoms with Gasteiger partial charge in [-0.1, -0.05) is 12.1 Å². The van der Waals surface area contributed by atoms with Crippen molar-refractivity contribution in [2.24, 2.45) is 0 Å². The number of aromatic nitrogens is 2. The normalized spacial score (nSPS) is 14.6. The summed E-state index contributed by atoms with van der Waals surface area (Å²) in [5.41, 5.74) is 2.47. The van der Waals surface area contributed by atoms with Crippen LogP contribution < -0.4 is 4.74 Å². The van der Waals surface area contributed by atoms with Crippen molar-refractivity contribution in [1.29, 1.82) is 0 Å². The number of carbonyl (C=O) groups excluding carboxylic acids is 1. The Morgan fingerprint density at radius 1 is 1.20 bits per heavy atom. The largest absolute Gasteiger partial charge is 0.497 e. The van der Waals surface area contributed by atoms with E-state index >= 15 is 0 Å². The zero-order chi connectivity index (χ0) is 13.9. The van der Waals surface area contributed by atoms with Crippen LogP contribution >= 0.6 is 0 Å². The van der Waals surface area contributed by atoms with Crippen LogP contribution in [0.3, 0.4) is 0 Å². The van der Waals surface area contributed by atoms with E-state index in [1.807, 2.05) is 24.3 Å². The Morgan fingerprint density at radius 2 is 2.05 bits per heavy atom. The number of carbonyl (C=O) groups is 1. The lowest BCUT2D eigenvalue weighted by Crippen LogP contribution is -2.05. The zero-order valence-electron chi connectivity index (χ0n) is 11.4. The van der Waals surface area contributed by atoms with Gasteiger partial charge in [-0.05, 0) is 31.4 Å². The van der Waals surface area contributed by atoms with E-state index in [0.717, 1.165) is 36.3 Å². The van der Waals surface area contributed by atoms with E-state index in [0.29, 0.717) is 17.8 Å². The molecule has 1 aliphatic rings. The molecular formula is C16H16N2O2. The number of ether oxygens (including phenoxy) is 1. The summed E-state index contributed by atoms with van der Waals surface area (Å²) in [7, 11) is 1.63. The summed E-state index contributed by atoms with van der Waals surface area (Å²) < 4.78 is 5.22. The number of hydrogen-bond acceptors (Lipinski definition) is 4. The Balaban J connectivity index is 2.03. The van der Waals surface area contributed by atoms with Gasteiger partial charge < -0.3 is 4.74 Å². The highest BCUT2D eigenvalue weighted by Crippen LogP contribution is 2.24. The van der Waals surface area contributed by atoms with Gasteiger partial charge >= 0.3 is 0 Å². The van der Waals surface area contributed by atoms with Crippen LogP contribution in [0.1, 0.15) is 35.3 Å². The highest BCUT2D eigenvalue weighted by molar-refractivity contribution is 5.97. The molecule has 2 aromatic rings. The second-order valence-corrected chi connectivity index (χ2v) is 4.92. The van der Waals surface area contributed by atoms with Gasteiger partial charge in [0.15, 0.2) is 11.6 Å². The second kappa shape index (κ2) is 5.41. The van der Waals surface area contributed by atoms with Crippen molar-refractivity contribution in [3.63, 3.8) is 0 Å². The van der Waals surface area contributed by atoms with E-state index in [-0.39, 0.29) is 5.78 Å². The maximum atomic E-state index is 12.0. The minimum Gasteiger partial charge on any atom is -0.497 e. The highest BCUT2D eigenvalue weighted by Gasteiger charge is 2.18. The molecule has 3 rings (SSSR count). The van der Waals surface area contributed by atoms with Crippen molar-refractivity contribution < 1.29 is 9.53 Å². The van der Waals surface area contributed by atoms with E-state index in [2.05, 4.69) is 9.97 Å². The molecule has 0 saturated carbocycles. The average molecular weight is 268 g/mol. The fourth-order valence-corrected chi connectivity index (χ4v) is 2.45. The van der Waals surface area contributed by atoms with Crippen LogP contribution in [0.15, 0.2) is 30.5 Å². The van der Waals surface area contributed by atoms with Crippen LogP contribution in [-0.2, 0) is 6.42 Å². The van der Waals surface area contributed by atoms with Crippen molar-refractivity contribution in [3.8, 4) is 17.1 Å². The summed E-state index contributed by atoms with van der Waals surface area (Å²) in [4.78, 5) is 20.9. The molecule has 20 heavy (non-hydrogen) atoms. The summed E-state index contributed by atoms with van der Waals surface area (Å²) in [6, 6.07) is 7.65. The minimum atomic E-state index is 0.162. The Labute approximate surface area is 117 Å². The monoisotopic (exact) mass is 268 g/mol. The third-order valence-electron chi connectivity index (χ3n) is 3.56. The quantitative estimate of drug-likeness (QED) is 0.785. The van der Waals surface area contributed by atoms with E-state index in [1.165, 1.54) is 0 Å². The van der Waals surface area contributed by atoms with Crippen molar-refractivity contribution in [1.82, 2.24) is 9.97 Å². The first-order valence-corrected chi connectivity index (χ1v) is 6.81. The number of aryl methyl sites for hydroxylation is 1. The van der Waals surface area contributed by atoms with E-state index in [9.17, 15) is 4.79 Å². The van der Waals surface area contributed by atoms with Crippen LogP contribution in [0.4, 0.5) is 0 Å². The Kier molecular flexibility index (Phi) is 3.46. The van der Waals surface area contributed by atoms with E-state index < -0.39 is 0 Å². The Morgan fingerprint density at radius 3 is 2.90 bits per heavy atom. The molecule has 0 unspecified atom stereocenters. The molecule has 0 aliphatic heterocycles. The molecule has 0 radical (unpaired) electrons. The summed E-state index contributed by atoms with van der Waals surface area (Å²) in [5.74, 6) is 1.59. The van der Waals surface area contributed by atoms with Gasteiger partial charge in [0.2, 0.25) is 0 Å². The van der Waals surface area contributed by atoms with Crippen molar-refractivity contribution in [3.05, 3.63) is 41.7 Å². The van der Waals surface area contributed by atoms with Gasteiger partial charge in [-0.15, -0.1) is 0 Å². The van der Waals surface area contributed by atoms with Gasteiger partial charge in [-0.3, -0.25) is 4.79 Å². The molecular weight excluding hydrogens is 252 g/mol. The Hall–Kier alpha value is -2.23. The number of methoxy groups -OCH3 is 1. The fraction of sp³-hybridized carbons (Fsp3) is 0.312. The lowest BCUT2D eigenvalue weighted by Gasteiger charge is -2.07. The predicted octanol–water partition coefficient (Wildman–Crippen LogP) is 3.06. The molecule has 1 aromatic carbocycles. The van der Waals surface area contributed by atoms with Gasteiger partial charge in [0.05, 0.1) is 18.4 Å². The summed E-state index contributed by atoms with van der Waals surface area (Å²) in [5, 5.41) is 0. The zero-order valence-corrected chi connectivity index (χ0v) is 11.4. The van der Waals surface area contributed by atoms with Gasteiger partial charge in [-0.25, -0.2) is 9.97 Å². The number of nitrogens with zero attached hydrogens (tertiary/aromatic N) is 2. The number of ketones is 1. The summed E-state index contributed by atoms with van der Waals surface area (Å²) >= 11 is 0. The van der Waals surface area contributed by atoms with Crippen LogP contribution in [0, 0.1) is 0 Å². The standard InChI is InChI=1S/C16H16N2O2/c1-20-12-6-4-5-11(9-12)16-17-10-13-14(18-16)7-2-3-8-15(13)19/h4-6,9-10H,2-3,7-8H2,1H3. The van der Waals surface area contributed by atoms with Crippen LogP contribution in [-0.4, -0.2) is 22.9 Å². The molecule has 0 atom stereocenters. The first-order valence-electron chi connectivity index (χ1n) is 6.81. The topological polar surface area (TPSA) is 52.1 Å². The molecule has 1 heterocycles. The maximum absolute atomic E-state index is 12.0. The molecule has 0 fully saturated rings. The number of rotatable bonds is 2. The lowest BCUT2D eigenvalue weighted by atomic mass is 10.1. The first-order chi connectivity index (χ1) is 9.78. The van der Waals surface area contributed by atoms with Gasteiger partial charge in [0.25, 0.3) is 0 Å². The van der Waals surface area contributed by atoms with Gasteiger partial charge in [0.1, 0.15) is 5.75 Å². The molecule has 4 heteroatoms. The average Bonchev–Trinajstić information content (AvgIpc) is 2.69.